The van der Waals surface area contributed by atoms with Gasteiger partial charge in [-0.15, -0.1) is 0 Å². The number of morpholine rings is 1. The Labute approximate surface area is 179 Å². The van der Waals surface area contributed by atoms with E-state index in [0.717, 1.165) is 89.7 Å². The van der Waals surface area contributed by atoms with Crippen LogP contribution in [0.15, 0.2) is 24.3 Å². The highest BCUT2D eigenvalue weighted by molar-refractivity contribution is 6.30. The van der Waals surface area contributed by atoms with Gasteiger partial charge in [0.1, 0.15) is 0 Å². The van der Waals surface area contributed by atoms with Crippen molar-refractivity contribution in [1.29, 1.82) is 0 Å². The van der Waals surface area contributed by atoms with Crippen LogP contribution in [0.2, 0.25) is 5.02 Å². The van der Waals surface area contributed by atoms with Crippen molar-refractivity contribution in [3.05, 3.63) is 34.9 Å². The maximum Gasteiger partial charge on any atom is 0.225 e. The Morgan fingerprint density at radius 1 is 1.14 bits per heavy atom. The van der Waals surface area contributed by atoms with E-state index in [9.17, 15) is 4.79 Å². The first-order chi connectivity index (χ1) is 14.2. The Balaban J connectivity index is 1.32. The predicted molar refractivity (Wildman–Crippen MR) is 116 cm³/mol. The minimum absolute atomic E-state index is 0.278. The van der Waals surface area contributed by atoms with Gasteiger partial charge >= 0.3 is 0 Å². The van der Waals surface area contributed by atoms with Crippen molar-refractivity contribution >= 4 is 17.5 Å². The fraction of sp³-hybridized carbons (Fsp3) is 0.696. The number of likely N-dealkylation sites (tertiary alicyclic amines) is 1. The second-order valence-corrected chi connectivity index (χ2v) is 9.21. The second-order valence-electron chi connectivity index (χ2n) is 8.77. The number of ether oxygens (including phenoxy) is 1. The SMILES string of the molecule is O=C(C1CCC1)N(CCCN1CCOCC1)[C@H]1CCN(Cc2cccc(Cl)c2)C1. The summed E-state index contributed by atoms with van der Waals surface area (Å²) in [4.78, 5) is 20.3. The molecule has 2 heterocycles. The number of benzene rings is 1. The summed E-state index contributed by atoms with van der Waals surface area (Å²) < 4.78 is 5.45. The van der Waals surface area contributed by atoms with Crippen molar-refractivity contribution in [2.45, 2.75) is 44.7 Å². The highest BCUT2D eigenvalue weighted by Crippen LogP contribution is 2.30. The van der Waals surface area contributed by atoms with Gasteiger partial charge in [-0.2, -0.15) is 0 Å². The third-order valence-corrected chi connectivity index (χ3v) is 6.93. The number of carbonyl (C=O) groups is 1. The largest absolute Gasteiger partial charge is 0.379 e. The molecule has 4 rings (SSSR count). The first-order valence-electron chi connectivity index (χ1n) is 11.3. The summed E-state index contributed by atoms with van der Waals surface area (Å²) in [6.07, 6.45) is 5.51. The minimum Gasteiger partial charge on any atom is -0.379 e. The van der Waals surface area contributed by atoms with E-state index >= 15 is 0 Å². The van der Waals surface area contributed by atoms with Crippen molar-refractivity contribution < 1.29 is 9.53 Å². The number of carbonyl (C=O) groups excluding carboxylic acids is 1. The Morgan fingerprint density at radius 3 is 2.69 bits per heavy atom. The number of hydrogen-bond donors (Lipinski definition) is 0. The molecular weight excluding hydrogens is 386 g/mol. The fourth-order valence-electron chi connectivity index (χ4n) is 4.76. The molecule has 0 radical (unpaired) electrons. The lowest BCUT2D eigenvalue weighted by molar-refractivity contribution is -0.140. The van der Waals surface area contributed by atoms with Gasteiger partial charge in [-0.1, -0.05) is 30.2 Å². The second kappa shape index (κ2) is 10.3. The topological polar surface area (TPSA) is 36.0 Å². The van der Waals surface area contributed by atoms with E-state index in [1.165, 1.54) is 12.0 Å². The van der Waals surface area contributed by atoms with Gasteiger partial charge in [-0.25, -0.2) is 0 Å². The van der Waals surface area contributed by atoms with Gasteiger partial charge in [0.15, 0.2) is 0 Å². The first-order valence-corrected chi connectivity index (χ1v) is 11.6. The minimum atomic E-state index is 0.278. The molecule has 5 nitrogen and oxygen atoms in total. The summed E-state index contributed by atoms with van der Waals surface area (Å²) in [5.41, 5.74) is 1.25. The van der Waals surface area contributed by atoms with Crippen molar-refractivity contribution in [2.24, 2.45) is 5.92 Å². The zero-order valence-corrected chi connectivity index (χ0v) is 18.2. The maximum absolute atomic E-state index is 13.2. The molecule has 0 unspecified atom stereocenters. The van der Waals surface area contributed by atoms with Crippen LogP contribution in [0, 0.1) is 5.92 Å². The van der Waals surface area contributed by atoms with Crippen molar-refractivity contribution in [2.75, 3.05) is 52.5 Å². The van der Waals surface area contributed by atoms with E-state index in [1.807, 2.05) is 12.1 Å². The van der Waals surface area contributed by atoms with E-state index in [1.54, 1.807) is 0 Å². The van der Waals surface area contributed by atoms with Crippen LogP contribution in [0.25, 0.3) is 0 Å². The molecule has 1 aromatic carbocycles. The zero-order chi connectivity index (χ0) is 20.1. The molecule has 0 aromatic heterocycles. The van der Waals surface area contributed by atoms with Gasteiger partial charge in [0.25, 0.3) is 0 Å². The number of rotatable bonds is 8. The summed E-state index contributed by atoms with van der Waals surface area (Å²) in [6, 6.07) is 8.48. The number of halogens is 1. The third kappa shape index (κ3) is 5.72. The van der Waals surface area contributed by atoms with E-state index in [2.05, 4.69) is 26.8 Å². The molecule has 2 aliphatic heterocycles. The first kappa shape index (κ1) is 21.1. The molecule has 0 N–H and O–H groups in total. The number of hydrogen-bond acceptors (Lipinski definition) is 4. The summed E-state index contributed by atoms with van der Waals surface area (Å²) in [6.45, 7) is 8.62. The van der Waals surface area contributed by atoms with Gasteiger partial charge in [-0.05, 0) is 43.4 Å². The molecule has 3 fully saturated rings. The van der Waals surface area contributed by atoms with Crippen LogP contribution in [0.4, 0.5) is 0 Å². The van der Waals surface area contributed by atoms with E-state index < -0.39 is 0 Å². The lowest BCUT2D eigenvalue weighted by Crippen LogP contribution is -2.47. The standard InChI is InChI=1S/C23H34ClN3O2/c24-21-7-1-4-19(16-21)17-26-11-8-22(18-26)27(23(28)20-5-2-6-20)10-3-9-25-12-14-29-15-13-25/h1,4,7,16,20,22H,2-3,5-6,8-15,17-18H2/t22-/m0/s1. The Bertz CT molecular complexity index is 676. The van der Waals surface area contributed by atoms with Crippen LogP contribution in [0.3, 0.4) is 0 Å². The molecule has 1 aromatic rings. The van der Waals surface area contributed by atoms with Crippen molar-refractivity contribution in [1.82, 2.24) is 14.7 Å². The van der Waals surface area contributed by atoms with E-state index in [0.29, 0.717) is 11.9 Å². The predicted octanol–water partition coefficient (Wildman–Crippen LogP) is 3.27. The molecule has 1 saturated carbocycles. The number of amides is 1. The summed E-state index contributed by atoms with van der Waals surface area (Å²) in [5.74, 6) is 0.688. The number of nitrogens with zero attached hydrogens (tertiary/aromatic N) is 3. The average Bonchev–Trinajstić information content (AvgIpc) is 3.12. The van der Waals surface area contributed by atoms with Crippen LogP contribution in [0.5, 0.6) is 0 Å². The highest BCUT2D eigenvalue weighted by atomic mass is 35.5. The lowest BCUT2D eigenvalue weighted by Gasteiger charge is -2.36. The van der Waals surface area contributed by atoms with Crippen LogP contribution < -0.4 is 0 Å². The Kier molecular flexibility index (Phi) is 7.46. The molecule has 1 atom stereocenters. The van der Waals surface area contributed by atoms with Crippen LogP contribution in [0.1, 0.15) is 37.7 Å². The summed E-state index contributed by atoms with van der Waals surface area (Å²) in [7, 11) is 0. The molecule has 160 valence electrons. The summed E-state index contributed by atoms with van der Waals surface area (Å²) in [5, 5.41) is 0.795. The molecule has 1 amide bonds. The molecule has 0 bridgehead atoms. The maximum atomic E-state index is 13.2. The van der Waals surface area contributed by atoms with E-state index in [4.69, 9.17) is 16.3 Å². The molecule has 3 aliphatic rings. The van der Waals surface area contributed by atoms with Crippen LogP contribution in [-0.4, -0.2) is 79.1 Å². The van der Waals surface area contributed by atoms with Crippen molar-refractivity contribution in [3.8, 4) is 0 Å². The van der Waals surface area contributed by atoms with Gasteiger partial charge in [0.2, 0.25) is 5.91 Å². The molecule has 29 heavy (non-hydrogen) atoms. The monoisotopic (exact) mass is 419 g/mol. The highest BCUT2D eigenvalue weighted by Gasteiger charge is 2.35. The Hall–Kier alpha value is -1.14. The van der Waals surface area contributed by atoms with Gasteiger partial charge < -0.3 is 9.64 Å². The van der Waals surface area contributed by atoms with Gasteiger partial charge in [0, 0.05) is 62.8 Å². The molecule has 0 spiro atoms. The molecular formula is C23H34ClN3O2. The normalized spacial score (nSPS) is 23.8. The Morgan fingerprint density at radius 2 is 1.97 bits per heavy atom. The van der Waals surface area contributed by atoms with Gasteiger partial charge in [0.05, 0.1) is 13.2 Å². The molecule has 6 heteroatoms. The van der Waals surface area contributed by atoms with Crippen LogP contribution in [-0.2, 0) is 16.1 Å². The fourth-order valence-corrected chi connectivity index (χ4v) is 4.97. The quantitative estimate of drug-likeness (QED) is 0.648. The van der Waals surface area contributed by atoms with Crippen molar-refractivity contribution in [3.63, 3.8) is 0 Å². The lowest BCUT2D eigenvalue weighted by atomic mass is 9.84. The summed E-state index contributed by atoms with van der Waals surface area (Å²) >= 11 is 6.15. The third-order valence-electron chi connectivity index (χ3n) is 6.70. The van der Waals surface area contributed by atoms with E-state index in [-0.39, 0.29) is 5.92 Å². The van der Waals surface area contributed by atoms with Gasteiger partial charge in [-0.3, -0.25) is 14.6 Å². The smallest absolute Gasteiger partial charge is 0.225 e. The molecule has 1 aliphatic carbocycles. The van der Waals surface area contributed by atoms with Crippen LogP contribution >= 0.6 is 11.6 Å². The molecule has 2 saturated heterocycles. The zero-order valence-electron chi connectivity index (χ0n) is 17.4. The average molecular weight is 420 g/mol.